The number of para-hydroxylation sites is 2. The average molecular weight is 334 g/mol. The Morgan fingerprint density at radius 1 is 1.17 bits per heavy atom. The van der Waals surface area contributed by atoms with Gasteiger partial charge in [0.15, 0.2) is 0 Å². The van der Waals surface area contributed by atoms with Crippen LogP contribution >= 0.6 is 12.4 Å². The van der Waals surface area contributed by atoms with Crippen LogP contribution in [0.2, 0.25) is 0 Å². The quantitative estimate of drug-likeness (QED) is 0.745. The van der Waals surface area contributed by atoms with Gasteiger partial charge in [0.2, 0.25) is 0 Å². The standard InChI is InChI=1S/C17H16FN3O.ClH/c18-9-12(10-19)11-22-14-7-5-13(6-8-14)17-20-15-3-1-2-4-16(15)21-17;/h1-9H,10-11,19H2,(H,20,21);1H/b12-9+;. The Kier molecular flexibility index (Phi) is 5.73. The summed E-state index contributed by atoms with van der Waals surface area (Å²) in [5.41, 5.74) is 8.69. The Morgan fingerprint density at radius 3 is 2.57 bits per heavy atom. The van der Waals surface area contributed by atoms with E-state index in [1.165, 1.54) is 0 Å². The number of aromatic nitrogens is 2. The first kappa shape index (κ1) is 17.0. The van der Waals surface area contributed by atoms with E-state index in [1.54, 1.807) is 0 Å². The second-order valence-corrected chi connectivity index (χ2v) is 4.89. The number of nitrogens with zero attached hydrogens (tertiary/aromatic N) is 1. The predicted octanol–water partition coefficient (Wildman–Crippen LogP) is 3.84. The first-order chi connectivity index (χ1) is 10.8. The molecular weight excluding hydrogens is 317 g/mol. The highest BCUT2D eigenvalue weighted by molar-refractivity contribution is 5.85. The van der Waals surface area contributed by atoms with Gasteiger partial charge in [-0.15, -0.1) is 12.4 Å². The Labute approximate surface area is 139 Å². The minimum Gasteiger partial charge on any atom is -0.489 e. The van der Waals surface area contributed by atoms with E-state index in [4.69, 9.17) is 10.5 Å². The third-order valence-electron chi connectivity index (χ3n) is 3.36. The summed E-state index contributed by atoms with van der Waals surface area (Å²) in [4.78, 5) is 7.81. The molecule has 0 saturated carbocycles. The Hall–Kier alpha value is -2.37. The molecule has 120 valence electrons. The summed E-state index contributed by atoms with van der Waals surface area (Å²) in [5.74, 6) is 1.46. The van der Waals surface area contributed by atoms with E-state index in [0.717, 1.165) is 22.4 Å². The highest BCUT2D eigenvalue weighted by atomic mass is 35.5. The topological polar surface area (TPSA) is 63.9 Å². The number of hydrogen-bond acceptors (Lipinski definition) is 3. The molecule has 0 aliphatic carbocycles. The molecule has 1 aromatic heterocycles. The molecule has 6 heteroatoms. The molecule has 3 rings (SSSR count). The van der Waals surface area contributed by atoms with Gasteiger partial charge in [-0.25, -0.2) is 9.37 Å². The van der Waals surface area contributed by atoms with E-state index in [1.807, 2.05) is 48.5 Å². The number of hydrogen-bond donors (Lipinski definition) is 2. The van der Waals surface area contributed by atoms with E-state index in [-0.39, 0.29) is 25.6 Å². The molecule has 0 fully saturated rings. The largest absolute Gasteiger partial charge is 0.489 e. The van der Waals surface area contributed by atoms with Crippen LogP contribution in [-0.4, -0.2) is 23.1 Å². The number of rotatable bonds is 5. The van der Waals surface area contributed by atoms with Crippen LogP contribution in [0.25, 0.3) is 22.4 Å². The number of aromatic amines is 1. The SMILES string of the molecule is Cl.NC/C(=C\F)COc1ccc(-c2nc3ccccc3[nH]2)cc1. The van der Waals surface area contributed by atoms with Gasteiger partial charge in [0, 0.05) is 17.7 Å². The summed E-state index contributed by atoms with van der Waals surface area (Å²) >= 11 is 0. The van der Waals surface area contributed by atoms with Crippen molar-refractivity contribution in [2.75, 3.05) is 13.2 Å². The summed E-state index contributed by atoms with van der Waals surface area (Å²) in [6, 6.07) is 15.4. The normalized spacial score (nSPS) is 11.3. The van der Waals surface area contributed by atoms with Crippen LogP contribution in [0, 0.1) is 0 Å². The molecule has 0 radical (unpaired) electrons. The zero-order valence-electron chi connectivity index (χ0n) is 12.3. The number of fused-ring (bicyclic) bond motifs is 1. The number of nitrogens with one attached hydrogen (secondary N) is 1. The van der Waals surface area contributed by atoms with Crippen molar-refractivity contribution in [3.63, 3.8) is 0 Å². The molecule has 0 bridgehead atoms. The van der Waals surface area contributed by atoms with E-state index in [9.17, 15) is 4.39 Å². The summed E-state index contributed by atoms with van der Waals surface area (Å²) in [5, 5.41) is 0. The molecule has 2 aromatic carbocycles. The first-order valence-corrected chi connectivity index (χ1v) is 6.96. The van der Waals surface area contributed by atoms with Crippen molar-refractivity contribution in [2.45, 2.75) is 0 Å². The Bertz CT molecular complexity index is 766. The predicted molar refractivity (Wildman–Crippen MR) is 92.5 cm³/mol. The van der Waals surface area contributed by atoms with Gasteiger partial charge in [-0.2, -0.15) is 0 Å². The number of ether oxygens (including phenoxy) is 1. The zero-order valence-corrected chi connectivity index (χ0v) is 13.1. The van der Waals surface area contributed by atoms with Gasteiger partial charge in [-0.1, -0.05) is 12.1 Å². The lowest BCUT2D eigenvalue weighted by Gasteiger charge is -2.07. The van der Waals surface area contributed by atoms with E-state index in [2.05, 4.69) is 9.97 Å². The van der Waals surface area contributed by atoms with Crippen LogP contribution in [0.5, 0.6) is 5.75 Å². The molecule has 4 nitrogen and oxygen atoms in total. The molecule has 0 atom stereocenters. The Balaban J connectivity index is 0.00000192. The number of imidazole rings is 1. The summed E-state index contributed by atoms with van der Waals surface area (Å²) in [6.07, 6.45) is 0.489. The zero-order chi connectivity index (χ0) is 15.4. The summed E-state index contributed by atoms with van der Waals surface area (Å²) < 4.78 is 17.9. The number of H-pyrrole nitrogens is 1. The molecule has 0 unspecified atom stereocenters. The smallest absolute Gasteiger partial charge is 0.138 e. The third-order valence-corrected chi connectivity index (χ3v) is 3.36. The van der Waals surface area contributed by atoms with Crippen LogP contribution in [0.15, 0.2) is 60.4 Å². The van der Waals surface area contributed by atoms with Crippen molar-refractivity contribution in [3.05, 3.63) is 60.4 Å². The average Bonchev–Trinajstić information content (AvgIpc) is 3.00. The summed E-state index contributed by atoms with van der Waals surface area (Å²) in [6.45, 7) is 0.296. The van der Waals surface area contributed by atoms with E-state index < -0.39 is 0 Å². The van der Waals surface area contributed by atoms with Gasteiger partial charge >= 0.3 is 0 Å². The van der Waals surface area contributed by atoms with Crippen molar-refractivity contribution < 1.29 is 9.13 Å². The van der Waals surface area contributed by atoms with Crippen molar-refractivity contribution in [2.24, 2.45) is 5.73 Å². The third kappa shape index (κ3) is 3.88. The maximum atomic E-state index is 12.4. The van der Waals surface area contributed by atoms with Crippen molar-refractivity contribution in [1.82, 2.24) is 9.97 Å². The fourth-order valence-corrected chi connectivity index (χ4v) is 2.11. The second-order valence-electron chi connectivity index (χ2n) is 4.89. The first-order valence-electron chi connectivity index (χ1n) is 6.96. The lowest BCUT2D eigenvalue weighted by Crippen LogP contribution is -2.10. The summed E-state index contributed by atoms with van der Waals surface area (Å²) in [7, 11) is 0. The molecule has 1 heterocycles. The maximum Gasteiger partial charge on any atom is 0.138 e. The van der Waals surface area contributed by atoms with Crippen molar-refractivity contribution in [3.8, 4) is 17.1 Å². The van der Waals surface area contributed by atoms with Gasteiger partial charge in [-0.05, 0) is 36.4 Å². The van der Waals surface area contributed by atoms with Crippen LogP contribution < -0.4 is 10.5 Å². The van der Waals surface area contributed by atoms with Crippen LogP contribution in [0.1, 0.15) is 0 Å². The highest BCUT2D eigenvalue weighted by Gasteiger charge is 2.05. The molecule has 3 aromatic rings. The molecule has 0 amide bonds. The molecule has 23 heavy (non-hydrogen) atoms. The highest BCUT2D eigenvalue weighted by Crippen LogP contribution is 2.22. The minimum absolute atomic E-state index is 0. The van der Waals surface area contributed by atoms with Crippen molar-refractivity contribution >= 4 is 23.4 Å². The lowest BCUT2D eigenvalue weighted by molar-refractivity contribution is 0.347. The van der Waals surface area contributed by atoms with Crippen LogP contribution in [0.4, 0.5) is 4.39 Å². The van der Waals surface area contributed by atoms with Crippen LogP contribution in [-0.2, 0) is 0 Å². The van der Waals surface area contributed by atoms with E-state index >= 15 is 0 Å². The van der Waals surface area contributed by atoms with Crippen LogP contribution in [0.3, 0.4) is 0 Å². The maximum absolute atomic E-state index is 12.4. The molecule has 0 aliphatic heterocycles. The van der Waals surface area contributed by atoms with Gasteiger partial charge in [0.25, 0.3) is 0 Å². The number of nitrogens with two attached hydrogens (primary N) is 1. The van der Waals surface area contributed by atoms with E-state index in [0.29, 0.717) is 17.7 Å². The van der Waals surface area contributed by atoms with Gasteiger partial charge in [0.05, 0.1) is 17.4 Å². The minimum atomic E-state index is 0. The molecule has 0 saturated heterocycles. The molecule has 0 aliphatic rings. The number of halogens is 2. The Morgan fingerprint density at radius 2 is 1.91 bits per heavy atom. The van der Waals surface area contributed by atoms with Gasteiger partial charge in [0.1, 0.15) is 18.2 Å². The molecule has 0 spiro atoms. The van der Waals surface area contributed by atoms with Crippen molar-refractivity contribution in [1.29, 1.82) is 0 Å². The number of benzene rings is 2. The van der Waals surface area contributed by atoms with Gasteiger partial charge in [-0.3, -0.25) is 0 Å². The lowest BCUT2D eigenvalue weighted by atomic mass is 10.2. The molecule has 3 N–H and O–H groups in total. The fourth-order valence-electron chi connectivity index (χ4n) is 2.11. The second kappa shape index (κ2) is 7.76. The monoisotopic (exact) mass is 333 g/mol. The van der Waals surface area contributed by atoms with Gasteiger partial charge < -0.3 is 15.5 Å². The fraction of sp³-hybridized carbons (Fsp3) is 0.118. The molecular formula is C17H17ClFN3O.